The molecule has 1 aliphatic heterocycles. The molecule has 0 radical (unpaired) electrons. The quantitative estimate of drug-likeness (QED) is 0.625. The number of Topliss-reactive ketones (excluding diaryl/α,β-unsaturated/α-hetero) is 2. The number of hydrogen-bond acceptors (Lipinski definition) is 3. The van der Waals surface area contributed by atoms with Crippen molar-refractivity contribution in [2.75, 3.05) is 0 Å². The van der Waals surface area contributed by atoms with Crippen molar-refractivity contribution in [1.82, 2.24) is 0 Å². The zero-order chi connectivity index (χ0) is 16.9. The molecule has 3 rings (SSSR count). The summed E-state index contributed by atoms with van der Waals surface area (Å²) < 4.78 is 5.64. The van der Waals surface area contributed by atoms with E-state index in [1.807, 2.05) is 39.0 Å². The molecule has 122 valence electrons. The van der Waals surface area contributed by atoms with Crippen molar-refractivity contribution >= 4 is 17.6 Å². The standard InChI is InChI=1S/C20H24O3/c1-11(2)15-10-13-7-6-12(3)14(17(13)19(22)18(15)21)8-9-16-20(4,5)23-16/h6-7,10-11,16H,8-9H2,1-5H3. The van der Waals surface area contributed by atoms with Gasteiger partial charge in [-0.2, -0.15) is 0 Å². The van der Waals surface area contributed by atoms with Gasteiger partial charge in [0.15, 0.2) is 0 Å². The molecule has 1 aliphatic carbocycles. The first-order valence-corrected chi connectivity index (χ1v) is 8.33. The van der Waals surface area contributed by atoms with Crippen LogP contribution < -0.4 is 0 Å². The number of fused-ring (bicyclic) bond motifs is 1. The fraction of sp³-hybridized carbons (Fsp3) is 0.500. The van der Waals surface area contributed by atoms with E-state index < -0.39 is 0 Å². The van der Waals surface area contributed by atoms with Crippen LogP contribution in [0.4, 0.5) is 0 Å². The van der Waals surface area contributed by atoms with E-state index in [1.165, 1.54) is 0 Å². The number of ketones is 2. The molecule has 3 heteroatoms. The minimum atomic E-state index is -0.346. The Morgan fingerprint density at radius 1 is 1.17 bits per heavy atom. The number of epoxide rings is 1. The third-order valence-electron chi connectivity index (χ3n) is 5.03. The van der Waals surface area contributed by atoms with Crippen LogP contribution in [-0.4, -0.2) is 23.3 Å². The van der Waals surface area contributed by atoms with E-state index in [-0.39, 0.29) is 29.2 Å². The summed E-state index contributed by atoms with van der Waals surface area (Å²) in [4.78, 5) is 25.1. The van der Waals surface area contributed by atoms with Gasteiger partial charge >= 0.3 is 0 Å². The molecule has 0 bridgehead atoms. The number of benzene rings is 1. The highest BCUT2D eigenvalue weighted by Gasteiger charge is 2.47. The van der Waals surface area contributed by atoms with E-state index in [0.717, 1.165) is 29.5 Å². The van der Waals surface area contributed by atoms with Crippen LogP contribution >= 0.6 is 0 Å². The van der Waals surface area contributed by atoms with Gasteiger partial charge in [-0.25, -0.2) is 0 Å². The van der Waals surface area contributed by atoms with Crippen molar-refractivity contribution in [3.63, 3.8) is 0 Å². The Labute approximate surface area is 137 Å². The molecular formula is C20H24O3. The molecular weight excluding hydrogens is 288 g/mol. The van der Waals surface area contributed by atoms with Crippen LogP contribution in [-0.2, 0) is 16.0 Å². The van der Waals surface area contributed by atoms with E-state index in [1.54, 1.807) is 0 Å². The average Bonchev–Trinajstić information content (AvgIpc) is 3.08. The smallest absolute Gasteiger partial charge is 0.234 e. The Kier molecular flexibility index (Phi) is 3.80. The van der Waals surface area contributed by atoms with Gasteiger partial charge in [0.25, 0.3) is 0 Å². The lowest BCUT2D eigenvalue weighted by Crippen LogP contribution is -2.26. The molecule has 1 unspecified atom stereocenters. The van der Waals surface area contributed by atoms with E-state index in [9.17, 15) is 9.59 Å². The van der Waals surface area contributed by atoms with Crippen molar-refractivity contribution < 1.29 is 14.3 Å². The van der Waals surface area contributed by atoms with Gasteiger partial charge in [0.1, 0.15) is 0 Å². The van der Waals surface area contributed by atoms with Crippen molar-refractivity contribution in [1.29, 1.82) is 0 Å². The zero-order valence-corrected chi connectivity index (χ0v) is 14.5. The van der Waals surface area contributed by atoms with Crippen LogP contribution in [0.5, 0.6) is 0 Å². The summed E-state index contributed by atoms with van der Waals surface area (Å²) in [6, 6.07) is 4.00. The minimum Gasteiger partial charge on any atom is -0.367 e. The molecule has 2 aliphatic rings. The third-order valence-corrected chi connectivity index (χ3v) is 5.03. The van der Waals surface area contributed by atoms with Gasteiger partial charge in [0.05, 0.1) is 11.7 Å². The van der Waals surface area contributed by atoms with Crippen molar-refractivity contribution in [3.8, 4) is 0 Å². The molecule has 0 amide bonds. The van der Waals surface area contributed by atoms with Gasteiger partial charge in [-0.1, -0.05) is 26.0 Å². The van der Waals surface area contributed by atoms with Gasteiger partial charge in [0.2, 0.25) is 11.6 Å². The Hall–Kier alpha value is -1.74. The number of rotatable bonds is 4. The molecule has 3 nitrogen and oxygen atoms in total. The predicted octanol–water partition coefficient (Wildman–Crippen LogP) is 3.91. The maximum absolute atomic E-state index is 12.7. The Balaban J connectivity index is 1.98. The van der Waals surface area contributed by atoms with Crippen LogP contribution in [0.3, 0.4) is 0 Å². The first kappa shape index (κ1) is 16.1. The van der Waals surface area contributed by atoms with Gasteiger partial charge < -0.3 is 4.74 Å². The summed E-state index contributed by atoms with van der Waals surface area (Å²) in [6.07, 6.45) is 3.79. The molecule has 1 aromatic rings. The number of hydrogen-bond donors (Lipinski definition) is 0. The molecule has 23 heavy (non-hydrogen) atoms. The van der Waals surface area contributed by atoms with E-state index in [0.29, 0.717) is 11.1 Å². The van der Waals surface area contributed by atoms with Gasteiger partial charge in [-0.15, -0.1) is 0 Å². The average molecular weight is 312 g/mol. The molecule has 1 fully saturated rings. The van der Waals surface area contributed by atoms with Crippen LogP contribution in [0.25, 0.3) is 6.08 Å². The summed E-state index contributed by atoms with van der Waals surface area (Å²) >= 11 is 0. The number of ether oxygens (including phenoxy) is 1. The monoisotopic (exact) mass is 312 g/mol. The van der Waals surface area contributed by atoms with E-state index in [4.69, 9.17) is 4.74 Å². The van der Waals surface area contributed by atoms with Gasteiger partial charge in [0, 0.05) is 11.1 Å². The highest BCUT2D eigenvalue weighted by molar-refractivity contribution is 6.52. The maximum Gasteiger partial charge on any atom is 0.234 e. The Morgan fingerprint density at radius 3 is 2.39 bits per heavy atom. The SMILES string of the molecule is Cc1ccc2c(c1CCC1OC1(C)C)C(=O)C(=O)C(C(C)C)=C2. The van der Waals surface area contributed by atoms with E-state index in [2.05, 4.69) is 13.8 Å². The molecule has 0 N–H and O–H groups in total. The summed E-state index contributed by atoms with van der Waals surface area (Å²) in [6.45, 7) is 10.1. The predicted molar refractivity (Wildman–Crippen MR) is 90.6 cm³/mol. The second-order valence-electron chi connectivity index (χ2n) is 7.49. The summed E-state index contributed by atoms with van der Waals surface area (Å²) in [5.41, 5.74) is 4.14. The molecule has 1 heterocycles. The molecule has 1 aromatic carbocycles. The van der Waals surface area contributed by atoms with Crippen molar-refractivity contribution in [3.05, 3.63) is 40.0 Å². The first-order chi connectivity index (χ1) is 10.7. The highest BCUT2D eigenvalue weighted by Crippen LogP contribution is 2.39. The van der Waals surface area contributed by atoms with Crippen molar-refractivity contribution in [2.45, 2.75) is 59.2 Å². The Bertz CT molecular complexity index is 723. The lowest BCUT2D eigenvalue weighted by molar-refractivity contribution is -0.112. The zero-order valence-electron chi connectivity index (χ0n) is 14.5. The second-order valence-corrected chi connectivity index (χ2v) is 7.49. The summed E-state index contributed by atoms with van der Waals surface area (Å²) in [5.74, 6) is -0.631. The van der Waals surface area contributed by atoms with Gasteiger partial charge in [-0.3, -0.25) is 9.59 Å². The number of aryl methyl sites for hydroxylation is 1. The molecule has 1 saturated heterocycles. The topological polar surface area (TPSA) is 46.7 Å². The number of carbonyl (C=O) groups is 2. The Morgan fingerprint density at radius 2 is 1.83 bits per heavy atom. The molecule has 0 saturated carbocycles. The first-order valence-electron chi connectivity index (χ1n) is 8.33. The maximum atomic E-state index is 12.7. The number of allylic oxidation sites excluding steroid dienone is 1. The lowest BCUT2D eigenvalue weighted by atomic mass is 9.80. The number of carbonyl (C=O) groups excluding carboxylic acids is 2. The van der Waals surface area contributed by atoms with Gasteiger partial charge in [-0.05, 0) is 62.3 Å². The molecule has 0 aromatic heterocycles. The third kappa shape index (κ3) is 2.78. The largest absolute Gasteiger partial charge is 0.367 e. The minimum absolute atomic E-state index is 0.0483. The lowest BCUT2D eigenvalue weighted by Gasteiger charge is -2.21. The molecule has 0 spiro atoms. The van der Waals surface area contributed by atoms with Crippen LogP contribution in [0.2, 0.25) is 0 Å². The van der Waals surface area contributed by atoms with E-state index >= 15 is 0 Å². The van der Waals surface area contributed by atoms with Crippen molar-refractivity contribution in [2.24, 2.45) is 5.92 Å². The summed E-state index contributed by atoms with van der Waals surface area (Å²) in [7, 11) is 0. The normalized spacial score (nSPS) is 22.2. The molecule has 1 atom stereocenters. The fourth-order valence-corrected chi connectivity index (χ4v) is 3.40. The highest BCUT2D eigenvalue weighted by atomic mass is 16.6. The second kappa shape index (κ2) is 5.41. The van der Waals surface area contributed by atoms with Crippen LogP contribution in [0, 0.1) is 12.8 Å². The summed E-state index contributed by atoms with van der Waals surface area (Å²) in [5, 5.41) is 0. The van der Waals surface area contributed by atoms with Crippen LogP contribution in [0.1, 0.15) is 61.2 Å². The fourth-order valence-electron chi connectivity index (χ4n) is 3.40. The van der Waals surface area contributed by atoms with Crippen LogP contribution in [0.15, 0.2) is 17.7 Å².